The molecule has 0 aliphatic rings. The fourth-order valence-corrected chi connectivity index (χ4v) is 2.25. The molecule has 0 aliphatic carbocycles. The first-order valence-corrected chi connectivity index (χ1v) is 6.97. The molecule has 0 aromatic heterocycles. The first-order chi connectivity index (χ1) is 7.61. The van der Waals surface area contributed by atoms with Crippen LogP contribution >= 0.6 is 11.8 Å². The maximum Gasteiger partial charge on any atom is 0.216 e. The van der Waals surface area contributed by atoms with Gasteiger partial charge in [0.25, 0.3) is 0 Å². The number of hydrogen-bond acceptors (Lipinski definition) is 3. The highest BCUT2D eigenvalue weighted by molar-refractivity contribution is 8.14. The zero-order valence-corrected chi connectivity index (χ0v) is 11.6. The first kappa shape index (κ1) is 15.7. The second-order valence-electron chi connectivity index (χ2n) is 3.92. The highest BCUT2D eigenvalue weighted by Gasteiger charge is 2.14. The first-order valence-electron chi connectivity index (χ1n) is 6.09. The van der Waals surface area contributed by atoms with Gasteiger partial charge in [-0.15, -0.1) is 0 Å². The van der Waals surface area contributed by atoms with E-state index in [0.29, 0.717) is 12.2 Å². The van der Waals surface area contributed by atoms with Gasteiger partial charge < -0.3 is 4.74 Å². The Morgan fingerprint density at radius 1 is 1.31 bits per heavy atom. The lowest BCUT2D eigenvalue weighted by molar-refractivity contribution is -0.108. The smallest absolute Gasteiger partial charge is 0.216 e. The van der Waals surface area contributed by atoms with Gasteiger partial charge in [-0.25, -0.2) is 0 Å². The van der Waals surface area contributed by atoms with Crippen molar-refractivity contribution in [2.24, 2.45) is 0 Å². The Balaban J connectivity index is 3.87. The minimum atomic E-state index is 0.00561. The summed E-state index contributed by atoms with van der Waals surface area (Å²) >= 11 is 1.27. The van der Waals surface area contributed by atoms with Crippen molar-refractivity contribution in [2.75, 3.05) is 6.61 Å². The second-order valence-corrected chi connectivity index (χ2v) is 5.05. The molecule has 0 aliphatic heterocycles. The molecule has 0 saturated carbocycles. The van der Waals surface area contributed by atoms with Gasteiger partial charge in [-0.1, -0.05) is 44.5 Å². The Labute approximate surface area is 104 Å². The summed E-state index contributed by atoms with van der Waals surface area (Å²) in [6, 6.07) is 0. The molecule has 1 unspecified atom stereocenters. The van der Waals surface area contributed by atoms with Gasteiger partial charge in [-0.3, -0.25) is 4.79 Å². The fourth-order valence-electron chi connectivity index (χ4n) is 1.32. The van der Waals surface area contributed by atoms with E-state index < -0.39 is 0 Å². The van der Waals surface area contributed by atoms with Crippen LogP contribution in [0.5, 0.6) is 0 Å². The molecule has 0 saturated heterocycles. The third kappa shape index (κ3) is 7.94. The van der Waals surface area contributed by atoms with Crippen LogP contribution in [0.3, 0.4) is 0 Å². The number of carbonyl (C=O) groups is 1. The highest BCUT2D eigenvalue weighted by atomic mass is 32.2. The predicted octanol–water partition coefficient (Wildman–Crippen LogP) is 4.16. The molecule has 0 aromatic carbocycles. The van der Waals surface area contributed by atoms with Crippen LogP contribution in [-0.2, 0) is 9.53 Å². The fraction of sp³-hybridized carbons (Fsp3) is 0.769. The van der Waals surface area contributed by atoms with Crippen molar-refractivity contribution in [3.8, 4) is 0 Å². The Morgan fingerprint density at radius 2 is 2.00 bits per heavy atom. The van der Waals surface area contributed by atoms with E-state index in [-0.39, 0.29) is 10.6 Å². The van der Waals surface area contributed by atoms with Gasteiger partial charge in [-0.2, -0.15) is 0 Å². The summed E-state index contributed by atoms with van der Waals surface area (Å²) in [4.78, 5) is 11.5. The van der Waals surface area contributed by atoms with Gasteiger partial charge in [0.1, 0.15) is 5.44 Å². The van der Waals surface area contributed by atoms with Crippen LogP contribution in [0.2, 0.25) is 0 Å². The largest absolute Gasteiger partial charge is 0.367 e. The van der Waals surface area contributed by atoms with Crippen LogP contribution < -0.4 is 0 Å². The number of hydrogen-bond donors (Lipinski definition) is 0. The molecule has 0 aromatic rings. The number of carbonyl (C=O) groups excluding carboxylic acids is 1. The topological polar surface area (TPSA) is 26.3 Å². The second kappa shape index (κ2) is 9.91. The lowest BCUT2D eigenvalue weighted by atomic mass is 10.2. The summed E-state index contributed by atoms with van der Waals surface area (Å²) in [6.45, 7) is 10.2. The van der Waals surface area contributed by atoms with E-state index in [1.165, 1.54) is 31.0 Å². The zero-order chi connectivity index (χ0) is 12.4. The van der Waals surface area contributed by atoms with Crippen molar-refractivity contribution in [1.82, 2.24) is 0 Å². The van der Waals surface area contributed by atoms with Crippen molar-refractivity contribution < 1.29 is 9.53 Å². The number of ether oxygens (including phenoxy) is 1. The lowest BCUT2D eigenvalue weighted by Gasteiger charge is -2.15. The quantitative estimate of drug-likeness (QED) is 0.346. The molecule has 16 heavy (non-hydrogen) atoms. The summed E-state index contributed by atoms with van der Waals surface area (Å²) in [7, 11) is 0. The number of rotatable bonds is 9. The molecule has 0 bridgehead atoms. The monoisotopic (exact) mass is 244 g/mol. The van der Waals surface area contributed by atoms with Gasteiger partial charge in [0.05, 0.1) is 0 Å². The Kier molecular flexibility index (Phi) is 9.74. The summed E-state index contributed by atoms with van der Waals surface area (Å²) in [5.74, 6) is 0. The molecule has 94 valence electrons. The van der Waals surface area contributed by atoms with Crippen LogP contribution in [0, 0.1) is 0 Å². The summed E-state index contributed by atoms with van der Waals surface area (Å²) in [6.07, 6.45) is 5.81. The maximum atomic E-state index is 11.5. The molecule has 0 fully saturated rings. The van der Waals surface area contributed by atoms with Crippen molar-refractivity contribution in [2.45, 2.75) is 58.3 Å². The molecule has 0 heterocycles. The number of thioether (sulfide) groups is 1. The average molecular weight is 244 g/mol. The lowest BCUT2D eigenvalue weighted by Crippen LogP contribution is -2.12. The van der Waals surface area contributed by atoms with Crippen LogP contribution in [0.25, 0.3) is 0 Å². The molecule has 1 atom stereocenters. The van der Waals surface area contributed by atoms with Crippen LogP contribution in [-0.4, -0.2) is 17.2 Å². The normalized spacial score (nSPS) is 12.4. The van der Waals surface area contributed by atoms with Gasteiger partial charge in [0, 0.05) is 6.61 Å². The summed E-state index contributed by atoms with van der Waals surface area (Å²) in [5.41, 5.74) is 0.606. The highest BCUT2D eigenvalue weighted by Crippen LogP contribution is 2.22. The summed E-state index contributed by atoms with van der Waals surface area (Å²) < 4.78 is 5.54. The minimum absolute atomic E-state index is 0.00561. The predicted molar refractivity (Wildman–Crippen MR) is 71.6 cm³/mol. The van der Waals surface area contributed by atoms with E-state index in [2.05, 4.69) is 13.5 Å². The molecule has 0 radical (unpaired) electrons. The van der Waals surface area contributed by atoms with E-state index in [9.17, 15) is 4.79 Å². The third-order valence-electron chi connectivity index (χ3n) is 2.23. The Hall–Kier alpha value is -0.280. The van der Waals surface area contributed by atoms with Crippen LogP contribution in [0.4, 0.5) is 0 Å². The van der Waals surface area contributed by atoms with E-state index in [4.69, 9.17) is 4.74 Å². The molecule has 0 N–H and O–H groups in total. The standard InChI is InChI=1S/C13H24O2S/c1-5-7-8-9-10-12(15-6-2)16-13(14)11(3)4/h12H,3,5-10H2,1-2,4H3. The van der Waals surface area contributed by atoms with Gasteiger partial charge in [-0.05, 0) is 32.3 Å². The third-order valence-corrected chi connectivity index (χ3v) is 3.43. The van der Waals surface area contributed by atoms with E-state index >= 15 is 0 Å². The summed E-state index contributed by atoms with van der Waals surface area (Å²) in [5, 5.41) is 0.0499. The number of unbranched alkanes of at least 4 members (excludes halogenated alkanes) is 3. The van der Waals surface area contributed by atoms with Crippen LogP contribution in [0.15, 0.2) is 12.2 Å². The molecular weight excluding hydrogens is 220 g/mol. The van der Waals surface area contributed by atoms with Crippen molar-refractivity contribution >= 4 is 16.9 Å². The molecule has 0 spiro atoms. The van der Waals surface area contributed by atoms with E-state index in [1.807, 2.05) is 6.92 Å². The molecule has 0 amide bonds. The molecule has 0 rings (SSSR count). The minimum Gasteiger partial charge on any atom is -0.367 e. The molecular formula is C13H24O2S. The zero-order valence-electron chi connectivity index (χ0n) is 10.8. The van der Waals surface area contributed by atoms with Crippen molar-refractivity contribution in [3.63, 3.8) is 0 Å². The van der Waals surface area contributed by atoms with Crippen LogP contribution in [0.1, 0.15) is 52.9 Å². The average Bonchev–Trinajstić information content (AvgIpc) is 2.24. The van der Waals surface area contributed by atoms with Gasteiger partial charge in [0.2, 0.25) is 5.12 Å². The van der Waals surface area contributed by atoms with Crippen molar-refractivity contribution in [1.29, 1.82) is 0 Å². The Bertz CT molecular complexity index is 214. The Morgan fingerprint density at radius 3 is 2.50 bits per heavy atom. The van der Waals surface area contributed by atoms with Gasteiger partial charge >= 0.3 is 0 Å². The molecule has 2 nitrogen and oxygen atoms in total. The van der Waals surface area contributed by atoms with Gasteiger partial charge in [0.15, 0.2) is 0 Å². The van der Waals surface area contributed by atoms with Crippen molar-refractivity contribution in [3.05, 3.63) is 12.2 Å². The van der Waals surface area contributed by atoms with E-state index in [0.717, 1.165) is 12.8 Å². The SMILES string of the molecule is C=C(C)C(=O)SC(CCCCCC)OCC. The van der Waals surface area contributed by atoms with E-state index in [1.54, 1.807) is 6.92 Å². The molecule has 3 heteroatoms. The maximum absolute atomic E-state index is 11.5.